The van der Waals surface area contributed by atoms with Gasteiger partial charge in [-0.05, 0) is 66.8 Å². The molecule has 1 atom stereocenters. The molecule has 1 N–H and O–H groups in total. The Bertz CT molecular complexity index is 1220. The average Bonchev–Trinajstić information content (AvgIpc) is 3.19. The highest BCUT2D eigenvalue weighted by atomic mass is 32.2. The Kier molecular flexibility index (Phi) is 11.7. The second-order valence-electron chi connectivity index (χ2n) is 9.41. The van der Waals surface area contributed by atoms with Gasteiger partial charge >= 0.3 is 0 Å². The van der Waals surface area contributed by atoms with Crippen molar-refractivity contribution in [3.63, 3.8) is 0 Å². The van der Waals surface area contributed by atoms with Gasteiger partial charge in [0.1, 0.15) is 5.75 Å². The van der Waals surface area contributed by atoms with Crippen molar-refractivity contribution in [2.45, 2.75) is 39.7 Å². The zero-order chi connectivity index (χ0) is 28.2. The molecule has 0 radical (unpaired) electrons. The van der Waals surface area contributed by atoms with E-state index in [2.05, 4.69) is 53.4 Å². The molecule has 2 aromatic rings. The molecule has 39 heavy (non-hydrogen) atoms. The lowest BCUT2D eigenvalue weighted by Gasteiger charge is -2.22. The lowest BCUT2D eigenvalue weighted by molar-refractivity contribution is 0.0761. The van der Waals surface area contributed by atoms with Gasteiger partial charge in [0, 0.05) is 50.2 Å². The summed E-state index contributed by atoms with van der Waals surface area (Å²) in [5.41, 5.74) is 3.67. The number of anilines is 1. The van der Waals surface area contributed by atoms with E-state index in [9.17, 15) is 9.00 Å². The zero-order valence-corrected chi connectivity index (χ0v) is 24.0. The Hall–Kier alpha value is -3.49. The van der Waals surface area contributed by atoms with Crippen LogP contribution in [0.25, 0.3) is 0 Å². The van der Waals surface area contributed by atoms with Crippen LogP contribution >= 0.6 is 0 Å². The first kappa shape index (κ1) is 30.1. The molecular weight excluding hydrogens is 508 g/mol. The fourth-order valence-corrected chi connectivity index (χ4v) is 5.13. The van der Waals surface area contributed by atoms with Gasteiger partial charge in [0.15, 0.2) is 11.0 Å². The van der Waals surface area contributed by atoms with Crippen molar-refractivity contribution in [1.82, 2.24) is 9.80 Å². The Labute approximate surface area is 235 Å². The van der Waals surface area contributed by atoms with Crippen LogP contribution < -0.4 is 9.46 Å². The SMILES string of the molecule is C=CN=C(C(=C)CC)C(=C)S(=O)Nc1ccc(C(=O)N2CCCN(Cc3cccc(OCCC)c3)CC2)cc1. The van der Waals surface area contributed by atoms with Crippen molar-refractivity contribution < 1.29 is 13.7 Å². The summed E-state index contributed by atoms with van der Waals surface area (Å²) in [6.07, 6.45) is 3.95. The Balaban J connectivity index is 1.56. The number of benzene rings is 2. The summed E-state index contributed by atoms with van der Waals surface area (Å²) in [5.74, 6) is 0.910. The molecule has 7 nitrogen and oxygen atoms in total. The van der Waals surface area contributed by atoms with Crippen molar-refractivity contribution in [2.75, 3.05) is 37.5 Å². The minimum Gasteiger partial charge on any atom is -0.494 e. The largest absolute Gasteiger partial charge is 0.494 e. The van der Waals surface area contributed by atoms with Gasteiger partial charge < -0.3 is 14.4 Å². The standard InChI is InChI=1S/C31H40N4O3S/c1-6-21-38-29-12-9-11-26(22-29)23-34-17-10-18-35(20-19-34)31(36)27-13-15-28(16-14-27)33-39(37)25(5)30(32-8-3)24(4)7-2/h8-9,11-16,22,33H,3-7,10,17-21,23H2,1-2H3. The van der Waals surface area contributed by atoms with E-state index in [0.29, 0.717) is 41.4 Å². The van der Waals surface area contributed by atoms with E-state index in [1.54, 1.807) is 24.3 Å². The molecule has 8 heteroatoms. The topological polar surface area (TPSA) is 74.2 Å². The van der Waals surface area contributed by atoms with Gasteiger partial charge in [-0.3, -0.25) is 14.7 Å². The van der Waals surface area contributed by atoms with Crippen LogP contribution in [0.4, 0.5) is 5.69 Å². The minimum absolute atomic E-state index is 0.00328. The highest BCUT2D eigenvalue weighted by Gasteiger charge is 2.21. The van der Waals surface area contributed by atoms with E-state index in [0.717, 1.165) is 50.4 Å². The molecule has 1 heterocycles. The summed E-state index contributed by atoms with van der Waals surface area (Å²) >= 11 is 0. The third-order valence-electron chi connectivity index (χ3n) is 6.47. The van der Waals surface area contributed by atoms with Crippen LogP contribution in [0.2, 0.25) is 0 Å². The summed E-state index contributed by atoms with van der Waals surface area (Å²) in [7, 11) is -1.61. The summed E-state index contributed by atoms with van der Waals surface area (Å²) in [6, 6.07) is 15.3. The predicted octanol–water partition coefficient (Wildman–Crippen LogP) is 5.96. The number of amides is 1. The second kappa shape index (κ2) is 15.2. The molecule has 1 unspecified atom stereocenters. The quantitative estimate of drug-likeness (QED) is 0.313. The normalized spacial score (nSPS) is 15.2. The number of carbonyl (C=O) groups is 1. The van der Waals surface area contributed by atoms with Gasteiger partial charge in [-0.1, -0.05) is 45.7 Å². The first-order valence-electron chi connectivity index (χ1n) is 13.4. The second-order valence-corrected chi connectivity index (χ2v) is 10.6. The zero-order valence-electron chi connectivity index (χ0n) is 23.2. The Morgan fingerprint density at radius 1 is 1.10 bits per heavy atom. The number of nitrogens with one attached hydrogen (secondary N) is 1. The first-order chi connectivity index (χ1) is 18.9. The molecule has 0 spiro atoms. The number of hydrogen-bond donors (Lipinski definition) is 1. The monoisotopic (exact) mass is 548 g/mol. The lowest BCUT2D eigenvalue weighted by atomic mass is 10.1. The molecule has 1 aliphatic rings. The van der Waals surface area contributed by atoms with Crippen LogP contribution in [0.1, 0.15) is 49.0 Å². The van der Waals surface area contributed by atoms with E-state index in [1.807, 2.05) is 24.0 Å². The fourth-order valence-electron chi connectivity index (χ4n) is 4.28. The third kappa shape index (κ3) is 8.76. The van der Waals surface area contributed by atoms with Crippen molar-refractivity contribution >= 4 is 28.3 Å². The number of rotatable bonds is 13. The van der Waals surface area contributed by atoms with Crippen molar-refractivity contribution in [3.8, 4) is 5.75 Å². The number of allylic oxidation sites excluding steroid dienone is 2. The highest BCUT2D eigenvalue weighted by Crippen LogP contribution is 2.19. The van der Waals surface area contributed by atoms with Gasteiger partial charge in [0.25, 0.3) is 5.91 Å². The van der Waals surface area contributed by atoms with Gasteiger partial charge in [0.2, 0.25) is 0 Å². The van der Waals surface area contributed by atoms with Crippen LogP contribution in [0.3, 0.4) is 0 Å². The molecule has 0 saturated carbocycles. The molecule has 1 amide bonds. The smallest absolute Gasteiger partial charge is 0.253 e. The van der Waals surface area contributed by atoms with Crippen LogP contribution in [-0.2, 0) is 17.5 Å². The third-order valence-corrected chi connectivity index (χ3v) is 7.53. The molecule has 208 valence electrons. The molecular formula is C31H40N4O3S. The number of carbonyl (C=O) groups excluding carboxylic acids is 1. The van der Waals surface area contributed by atoms with E-state index in [-0.39, 0.29) is 5.91 Å². The minimum atomic E-state index is -1.61. The van der Waals surface area contributed by atoms with Crippen LogP contribution in [0, 0.1) is 0 Å². The molecule has 1 fully saturated rings. The molecule has 1 saturated heterocycles. The van der Waals surface area contributed by atoms with Crippen LogP contribution in [0.5, 0.6) is 5.75 Å². The summed E-state index contributed by atoms with van der Waals surface area (Å²) in [4.78, 5) is 22.1. The molecule has 0 bridgehead atoms. The van der Waals surface area contributed by atoms with Crippen LogP contribution in [-0.4, -0.2) is 58.4 Å². The van der Waals surface area contributed by atoms with E-state index in [4.69, 9.17) is 4.74 Å². The van der Waals surface area contributed by atoms with E-state index >= 15 is 0 Å². The maximum absolute atomic E-state index is 13.2. The maximum Gasteiger partial charge on any atom is 0.253 e. The van der Waals surface area contributed by atoms with Crippen molar-refractivity contribution in [3.05, 3.63) is 96.1 Å². The number of hydrogen-bond acceptors (Lipinski definition) is 5. The fraction of sp³-hybridized carbons (Fsp3) is 0.355. The maximum atomic E-state index is 13.2. The number of ether oxygens (including phenoxy) is 1. The number of aliphatic imine (C=N–C) groups is 1. The molecule has 0 aliphatic carbocycles. The van der Waals surface area contributed by atoms with Gasteiger partial charge in [-0.25, -0.2) is 4.21 Å². The van der Waals surface area contributed by atoms with Gasteiger partial charge in [-0.2, -0.15) is 0 Å². The van der Waals surface area contributed by atoms with Crippen molar-refractivity contribution in [1.29, 1.82) is 0 Å². The number of nitrogens with zero attached hydrogens (tertiary/aromatic N) is 3. The summed E-state index contributed by atoms with van der Waals surface area (Å²) in [5, 5.41) is 0. The highest BCUT2D eigenvalue weighted by molar-refractivity contribution is 7.91. The Morgan fingerprint density at radius 2 is 1.87 bits per heavy atom. The van der Waals surface area contributed by atoms with E-state index in [1.165, 1.54) is 11.8 Å². The van der Waals surface area contributed by atoms with E-state index < -0.39 is 11.0 Å². The predicted molar refractivity (Wildman–Crippen MR) is 162 cm³/mol. The van der Waals surface area contributed by atoms with Gasteiger partial charge in [-0.15, -0.1) is 0 Å². The molecule has 3 rings (SSSR count). The molecule has 0 aromatic heterocycles. The summed E-state index contributed by atoms with van der Waals surface area (Å²) in [6.45, 7) is 20.2. The van der Waals surface area contributed by atoms with Crippen LogP contribution in [0.15, 0.2) is 89.9 Å². The molecule has 1 aliphatic heterocycles. The van der Waals surface area contributed by atoms with Crippen molar-refractivity contribution in [2.24, 2.45) is 4.99 Å². The average molecular weight is 549 g/mol. The van der Waals surface area contributed by atoms with Gasteiger partial charge in [0.05, 0.1) is 17.2 Å². The first-order valence-corrected chi connectivity index (χ1v) is 14.6. The lowest BCUT2D eigenvalue weighted by Crippen LogP contribution is -2.35. The Morgan fingerprint density at radius 3 is 2.56 bits per heavy atom. The summed E-state index contributed by atoms with van der Waals surface area (Å²) < 4.78 is 21.5. The molecule has 2 aromatic carbocycles.